The number of hydrogen-bond acceptors (Lipinski definition) is 4. The molecule has 0 bridgehead atoms. The van der Waals surface area contributed by atoms with Gasteiger partial charge in [0.2, 0.25) is 0 Å². The summed E-state index contributed by atoms with van der Waals surface area (Å²) >= 11 is 0. The summed E-state index contributed by atoms with van der Waals surface area (Å²) in [4.78, 5) is 0. The summed E-state index contributed by atoms with van der Waals surface area (Å²) in [6, 6.07) is 8.11. The molecule has 1 aliphatic rings. The lowest BCUT2D eigenvalue weighted by molar-refractivity contribution is 0.303. The Kier molecular flexibility index (Phi) is 3.30. The SMILES string of the molecule is CNc1nnc(-c2cccc(OC3CC3)c2)c(C)c1C. The molecule has 4 nitrogen and oxygen atoms in total. The van der Waals surface area contributed by atoms with Crippen molar-refractivity contribution in [3.05, 3.63) is 35.4 Å². The Labute approximate surface area is 119 Å². The molecule has 0 spiro atoms. The van der Waals surface area contributed by atoms with E-state index in [0.29, 0.717) is 6.10 Å². The summed E-state index contributed by atoms with van der Waals surface area (Å²) in [5.41, 5.74) is 4.25. The molecule has 0 radical (unpaired) electrons. The highest BCUT2D eigenvalue weighted by Gasteiger charge is 2.23. The molecular weight excluding hydrogens is 250 g/mol. The number of rotatable bonds is 4. The first-order valence-corrected chi connectivity index (χ1v) is 6.97. The molecule has 0 atom stereocenters. The van der Waals surface area contributed by atoms with Crippen LogP contribution in [0.1, 0.15) is 24.0 Å². The van der Waals surface area contributed by atoms with Crippen LogP contribution in [-0.2, 0) is 0 Å². The van der Waals surface area contributed by atoms with Crippen LogP contribution in [0.4, 0.5) is 5.82 Å². The van der Waals surface area contributed by atoms with Gasteiger partial charge in [-0.15, -0.1) is 10.2 Å². The quantitative estimate of drug-likeness (QED) is 0.924. The minimum Gasteiger partial charge on any atom is -0.490 e. The predicted octanol–water partition coefficient (Wildman–Crippen LogP) is 3.34. The lowest BCUT2D eigenvalue weighted by Gasteiger charge is -2.12. The van der Waals surface area contributed by atoms with E-state index in [9.17, 15) is 0 Å². The predicted molar refractivity (Wildman–Crippen MR) is 80.1 cm³/mol. The van der Waals surface area contributed by atoms with Gasteiger partial charge in [0.05, 0.1) is 11.8 Å². The van der Waals surface area contributed by atoms with Crippen LogP contribution in [0.25, 0.3) is 11.3 Å². The summed E-state index contributed by atoms with van der Waals surface area (Å²) in [5.74, 6) is 1.75. The number of benzene rings is 1. The summed E-state index contributed by atoms with van der Waals surface area (Å²) in [7, 11) is 1.86. The first-order chi connectivity index (χ1) is 9.69. The van der Waals surface area contributed by atoms with Crippen molar-refractivity contribution in [2.75, 3.05) is 12.4 Å². The van der Waals surface area contributed by atoms with Gasteiger partial charge in [0, 0.05) is 12.6 Å². The number of nitrogens with zero attached hydrogens (tertiary/aromatic N) is 2. The average Bonchev–Trinajstić information content (AvgIpc) is 3.26. The summed E-state index contributed by atoms with van der Waals surface area (Å²) in [5, 5.41) is 11.6. The highest BCUT2D eigenvalue weighted by Crippen LogP contribution is 2.31. The zero-order chi connectivity index (χ0) is 14.1. The molecule has 0 saturated heterocycles. The first-order valence-electron chi connectivity index (χ1n) is 6.97. The van der Waals surface area contributed by atoms with E-state index in [1.54, 1.807) is 0 Å². The van der Waals surface area contributed by atoms with Crippen LogP contribution in [0.15, 0.2) is 24.3 Å². The highest BCUT2D eigenvalue weighted by molar-refractivity contribution is 5.67. The zero-order valence-corrected chi connectivity index (χ0v) is 12.1. The molecule has 3 rings (SSSR count). The molecule has 1 fully saturated rings. The van der Waals surface area contributed by atoms with Gasteiger partial charge < -0.3 is 10.1 Å². The fraction of sp³-hybridized carbons (Fsp3) is 0.375. The Morgan fingerprint density at radius 3 is 2.65 bits per heavy atom. The zero-order valence-electron chi connectivity index (χ0n) is 12.1. The number of anilines is 1. The van der Waals surface area contributed by atoms with Crippen LogP contribution < -0.4 is 10.1 Å². The van der Waals surface area contributed by atoms with Crippen molar-refractivity contribution in [3.8, 4) is 17.0 Å². The summed E-state index contributed by atoms with van der Waals surface area (Å²) < 4.78 is 5.84. The standard InChI is InChI=1S/C16H19N3O/c1-10-11(2)16(17-3)19-18-15(10)12-5-4-6-14(9-12)20-13-7-8-13/h4-6,9,13H,7-8H2,1-3H3,(H,17,19). The molecule has 1 heterocycles. The van der Waals surface area contributed by atoms with Crippen LogP contribution >= 0.6 is 0 Å². The van der Waals surface area contributed by atoms with E-state index < -0.39 is 0 Å². The number of ether oxygens (including phenoxy) is 1. The molecule has 20 heavy (non-hydrogen) atoms. The molecule has 104 valence electrons. The summed E-state index contributed by atoms with van der Waals surface area (Å²) in [6.45, 7) is 4.14. The van der Waals surface area contributed by atoms with Crippen molar-refractivity contribution in [2.45, 2.75) is 32.8 Å². The van der Waals surface area contributed by atoms with Crippen molar-refractivity contribution in [1.29, 1.82) is 0 Å². The maximum absolute atomic E-state index is 5.84. The van der Waals surface area contributed by atoms with Gasteiger partial charge >= 0.3 is 0 Å². The number of nitrogens with one attached hydrogen (secondary N) is 1. The van der Waals surface area contributed by atoms with Gasteiger partial charge in [0.1, 0.15) is 5.75 Å². The maximum Gasteiger partial charge on any atom is 0.151 e. The third-order valence-corrected chi connectivity index (χ3v) is 3.69. The van der Waals surface area contributed by atoms with Gasteiger partial charge in [-0.3, -0.25) is 0 Å². The monoisotopic (exact) mass is 269 g/mol. The second-order valence-corrected chi connectivity index (χ2v) is 5.24. The largest absolute Gasteiger partial charge is 0.490 e. The van der Waals surface area contributed by atoms with Crippen molar-refractivity contribution >= 4 is 5.82 Å². The molecule has 1 aliphatic carbocycles. The fourth-order valence-electron chi connectivity index (χ4n) is 2.21. The fourth-order valence-corrected chi connectivity index (χ4v) is 2.21. The Hall–Kier alpha value is -2.10. The van der Waals surface area contributed by atoms with Crippen LogP contribution in [0.2, 0.25) is 0 Å². The van der Waals surface area contributed by atoms with Crippen molar-refractivity contribution in [3.63, 3.8) is 0 Å². The first kappa shape index (κ1) is 12.9. The Bertz CT molecular complexity index is 636. The van der Waals surface area contributed by atoms with Crippen molar-refractivity contribution < 1.29 is 4.74 Å². The van der Waals surface area contributed by atoms with Gasteiger partial charge in [0.15, 0.2) is 5.82 Å². The molecular formula is C16H19N3O. The Morgan fingerprint density at radius 2 is 1.95 bits per heavy atom. The van der Waals surface area contributed by atoms with Gasteiger partial charge in [-0.1, -0.05) is 12.1 Å². The van der Waals surface area contributed by atoms with E-state index in [1.807, 2.05) is 25.2 Å². The summed E-state index contributed by atoms with van der Waals surface area (Å²) in [6.07, 6.45) is 2.74. The van der Waals surface area contributed by atoms with Gasteiger partial charge in [-0.25, -0.2) is 0 Å². The second kappa shape index (κ2) is 5.12. The molecule has 1 aromatic carbocycles. The third-order valence-electron chi connectivity index (χ3n) is 3.69. The van der Waals surface area contributed by atoms with Gasteiger partial charge in [-0.05, 0) is 49.9 Å². The minimum atomic E-state index is 0.408. The van der Waals surface area contributed by atoms with E-state index >= 15 is 0 Å². The van der Waals surface area contributed by atoms with Gasteiger partial charge in [0.25, 0.3) is 0 Å². The third kappa shape index (κ3) is 2.46. The van der Waals surface area contributed by atoms with Crippen molar-refractivity contribution in [2.24, 2.45) is 0 Å². The molecule has 0 unspecified atom stereocenters. The van der Waals surface area contributed by atoms with Crippen LogP contribution in [0.5, 0.6) is 5.75 Å². The van der Waals surface area contributed by atoms with E-state index in [4.69, 9.17) is 4.74 Å². The molecule has 1 N–H and O–H groups in total. The molecule has 1 aromatic heterocycles. The molecule has 0 aliphatic heterocycles. The van der Waals surface area contributed by atoms with Crippen molar-refractivity contribution in [1.82, 2.24) is 10.2 Å². The Morgan fingerprint density at radius 1 is 1.15 bits per heavy atom. The average molecular weight is 269 g/mol. The van der Waals surface area contributed by atoms with E-state index in [0.717, 1.165) is 34.0 Å². The maximum atomic E-state index is 5.84. The normalized spacial score (nSPS) is 14.2. The Balaban J connectivity index is 1.97. The van der Waals surface area contributed by atoms with Crippen LogP contribution in [0, 0.1) is 13.8 Å². The smallest absolute Gasteiger partial charge is 0.151 e. The number of aromatic nitrogens is 2. The van der Waals surface area contributed by atoms with E-state index in [-0.39, 0.29) is 0 Å². The topological polar surface area (TPSA) is 47.0 Å². The molecule has 4 heteroatoms. The van der Waals surface area contributed by atoms with Crippen LogP contribution in [-0.4, -0.2) is 23.3 Å². The van der Waals surface area contributed by atoms with E-state index in [2.05, 4.69) is 35.4 Å². The van der Waals surface area contributed by atoms with Gasteiger partial charge in [-0.2, -0.15) is 0 Å². The molecule has 0 amide bonds. The second-order valence-electron chi connectivity index (χ2n) is 5.24. The molecule has 2 aromatic rings. The number of hydrogen-bond donors (Lipinski definition) is 1. The van der Waals surface area contributed by atoms with E-state index in [1.165, 1.54) is 12.8 Å². The minimum absolute atomic E-state index is 0.408. The lowest BCUT2D eigenvalue weighted by Crippen LogP contribution is -2.03. The lowest BCUT2D eigenvalue weighted by atomic mass is 10.0. The van der Waals surface area contributed by atoms with Crippen LogP contribution in [0.3, 0.4) is 0 Å². The molecule has 1 saturated carbocycles. The highest BCUT2D eigenvalue weighted by atomic mass is 16.5.